The fourth-order valence-corrected chi connectivity index (χ4v) is 3.38. The van der Waals surface area contributed by atoms with Gasteiger partial charge in [-0.15, -0.1) is 0 Å². The van der Waals surface area contributed by atoms with Crippen molar-refractivity contribution in [3.8, 4) is 17.2 Å². The van der Waals surface area contributed by atoms with Crippen molar-refractivity contribution in [2.24, 2.45) is 5.73 Å². The summed E-state index contributed by atoms with van der Waals surface area (Å²) in [7, 11) is 1.54. The second-order valence-electron chi connectivity index (χ2n) is 7.57. The van der Waals surface area contributed by atoms with Gasteiger partial charge in [-0.3, -0.25) is 9.78 Å². The molecule has 1 heterocycles. The zero-order valence-electron chi connectivity index (χ0n) is 19.3. The highest BCUT2D eigenvalue weighted by Gasteiger charge is 2.16. The second-order valence-corrected chi connectivity index (χ2v) is 7.57. The number of nitrogens with one attached hydrogen (secondary N) is 2. The number of hydrogen-bond donors (Lipinski definition) is 3. The third kappa shape index (κ3) is 5.86. The lowest BCUT2D eigenvalue weighted by atomic mass is 10.1. The molecule has 9 nitrogen and oxygen atoms in total. The van der Waals surface area contributed by atoms with E-state index in [1.165, 1.54) is 31.5 Å². The summed E-state index contributed by atoms with van der Waals surface area (Å²) in [5.41, 5.74) is 6.72. The number of primary amides is 1. The Morgan fingerprint density at radius 1 is 0.972 bits per heavy atom. The number of amides is 3. The van der Waals surface area contributed by atoms with Gasteiger partial charge in [0.25, 0.3) is 5.91 Å². The van der Waals surface area contributed by atoms with Crippen LogP contribution in [0, 0.1) is 5.82 Å². The van der Waals surface area contributed by atoms with E-state index in [4.69, 9.17) is 19.9 Å². The summed E-state index contributed by atoms with van der Waals surface area (Å²) < 4.78 is 31.2. The number of nitrogens with zero attached hydrogens (tertiary/aromatic N) is 1. The molecule has 4 aromatic rings. The molecule has 0 bridgehead atoms. The van der Waals surface area contributed by atoms with E-state index in [1.807, 2.05) is 6.07 Å². The number of carbonyl (C=O) groups is 2. The number of carbonyl (C=O) groups excluding carboxylic acids is 2. The van der Waals surface area contributed by atoms with Crippen LogP contribution in [0.5, 0.6) is 17.2 Å². The number of aromatic nitrogens is 1. The summed E-state index contributed by atoms with van der Waals surface area (Å²) in [6.07, 6.45) is 1.51. The minimum absolute atomic E-state index is 0.0239. The molecule has 36 heavy (non-hydrogen) atoms. The van der Waals surface area contributed by atoms with Crippen LogP contribution in [0.15, 0.2) is 72.9 Å². The van der Waals surface area contributed by atoms with Crippen LogP contribution in [0.1, 0.15) is 10.4 Å². The van der Waals surface area contributed by atoms with Gasteiger partial charge >= 0.3 is 6.03 Å². The lowest BCUT2D eigenvalue weighted by Gasteiger charge is -2.14. The van der Waals surface area contributed by atoms with Crippen molar-refractivity contribution >= 4 is 34.2 Å². The van der Waals surface area contributed by atoms with Crippen molar-refractivity contribution in [1.82, 2.24) is 4.98 Å². The number of nitrogens with two attached hydrogens (primary N) is 1. The number of urea groups is 1. The van der Waals surface area contributed by atoms with Crippen molar-refractivity contribution < 1.29 is 28.2 Å². The average molecular weight is 490 g/mol. The van der Waals surface area contributed by atoms with Gasteiger partial charge in [-0.1, -0.05) is 18.2 Å². The molecule has 0 fully saturated rings. The van der Waals surface area contributed by atoms with Gasteiger partial charge in [0, 0.05) is 36.5 Å². The van der Waals surface area contributed by atoms with Crippen molar-refractivity contribution in [2.75, 3.05) is 31.0 Å². The van der Waals surface area contributed by atoms with Gasteiger partial charge in [-0.05, 0) is 36.4 Å². The van der Waals surface area contributed by atoms with E-state index in [0.29, 0.717) is 28.9 Å². The Bertz CT molecular complexity index is 1400. The van der Waals surface area contributed by atoms with E-state index in [2.05, 4.69) is 15.6 Å². The molecule has 0 aliphatic heterocycles. The number of pyridine rings is 1. The quantitative estimate of drug-likeness (QED) is 0.286. The molecule has 0 spiro atoms. The highest BCUT2D eigenvalue weighted by Crippen LogP contribution is 2.34. The number of rotatable bonds is 9. The summed E-state index contributed by atoms with van der Waals surface area (Å²) >= 11 is 0. The fourth-order valence-electron chi connectivity index (χ4n) is 3.38. The third-order valence-electron chi connectivity index (χ3n) is 5.06. The molecule has 0 aliphatic rings. The first-order valence-electron chi connectivity index (χ1n) is 10.9. The van der Waals surface area contributed by atoms with Gasteiger partial charge in [-0.25, -0.2) is 9.18 Å². The monoisotopic (exact) mass is 490 g/mol. The van der Waals surface area contributed by atoms with Crippen LogP contribution >= 0.6 is 0 Å². The smallest absolute Gasteiger partial charge is 0.323 e. The summed E-state index contributed by atoms with van der Waals surface area (Å²) in [6, 6.07) is 16.9. The number of para-hydroxylation sites is 1. The van der Waals surface area contributed by atoms with Crippen LogP contribution in [-0.2, 0) is 4.74 Å². The van der Waals surface area contributed by atoms with Crippen LogP contribution in [0.4, 0.5) is 20.6 Å². The number of benzene rings is 3. The molecule has 184 valence electrons. The Morgan fingerprint density at radius 2 is 1.78 bits per heavy atom. The Morgan fingerprint density at radius 3 is 2.50 bits per heavy atom. The Hall–Kier alpha value is -4.70. The predicted molar refractivity (Wildman–Crippen MR) is 133 cm³/mol. The van der Waals surface area contributed by atoms with Gasteiger partial charge in [0.05, 0.1) is 23.4 Å². The highest BCUT2D eigenvalue weighted by molar-refractivity contribution is 6.01. The lowest BCUT2D eigenvalue weighted by molar-refractivity contribution is 0.0992. The molecular formula is C26H23FN4O5. The molecule has 4 rings (SSSR count). The normalized spacial score (nSPS) is 10.6. The largest absolute Gasteiger partial charge is 0.490 e. The van der Waals surface area contributed by atoms with Gasteiger partial charge in [0.1, 0.15) is 29.7 Å². The molecule has 0 aliphatic carbocycles. The number of hydrogen-bond acceptors (Lipinski definition) is 6. The molecule has 1 aromatic heterocycles. The second kappa shape index (κ2) is 11.2. The summed E-state index contributed by atoms with van der Waals surface area (Å²) in [4.78, 5) is 28.5. The maximum absolute atomic E-state index is 14.7. The van der Waals surface area contributed by atoms with Crippen molar-refractivity contribution in [1.29, 1.82) is 0 Å². The van der Waals surface area contributed by atoms with Crippen LogP contribution < -0.4 is 25.8 Å². The molecular weight excluding hydrogens is 467 g/mol. The number of methoxy groups -OCH3 is 1. The Kier molecular flexibility index (Phi) is 7.57. The Balaban J connectivity index is 1.54. The van der Waals surface area contributed by atoms with Crippen LogP contribution in [0.25, 0.3) is 10.9 Å². The molecule has 0 saturated carbocycles. The molecule has 0 saturated heterocycles. The lowest BCUT2D eigenvalue weighted by Crippen LogP contribution is -2.20. The minimum Gasteiger partial charge on any atom is -0.490 e. The van der Waals surface area contributed by atoms with Crippen LogP contribution in [-0.4, -0.2) is 37.2 Å². The van der Waals surface area contributed by atoms with Crippen LogP contribution in [0.3, 0.4) is 0 Å². The van der Waals surface area contributed by atoms with E-state index in [1.54, 1.807) is 36.4 Å². The molecule has 0 radical (unpaired) electrons. The van der Waals surface area contributed by atoms with E-state index in [9.17, 15) is 14.0 Å². The summed E-state index contributed by atoms with van der Waals surface area (Å²) in [6.45, 7) is 0.554. The number of fused-ring (bicyclic) bond motifs is 1. The fraction of sp³-hybridized carbons (Fsp3) is 0.115. The first-order valence-corrected chi connectivity index (χ1v) is 10.9. The Labute approximate surface area is 206 Å². The zero-order valence-corrected chi connectivity index (χ0v) is 19.3. The molecule has 3 amide bonds. The van der Waals surface area contributed by atoms with E-state index in [0.717, 1.165) is 6.07 Å². The topological polar surface area (TPSA) is 125 Å². The maximum Gasteiger partial charge on any atom is 0.323 e. The van der Waals surface area contributed by atoms with Gasteiger partial charge in [0.15, 0.2) is 0 Å². The van der Waals surface area contributed by atoms with Gasteiger partial charge < -0.3 is 30.6 Å². The number of anilines is 2. The SMILES string of the molecule is COCCOc1cc2nccc(Oc3ccc(NC(=O)Nc4ccccc4)c(F)c3)c2cc1C(N)=O. The molecule has 0 atom stereocenters. The summed E-state index contributed by atoms with van der Waals surface area (Å²) in [5, 5.41) is 5.56. The van der Waals surface area contributed by atoms with Crippen molar-refractivity contribution in [2.45, 2.75) is 0 Å². The highest BCUT2D eigenvalue weighted by atomic mass is 19.1. The van der Waals surface area contributed by atoms with Crippen molar-refractivity contribution in [3.05, 3.63) is 84.3 Å². The summed E-state index contributed by atoms with van der Waals surface area (Å²) in [5.74, 6) is -0.606. The number of ether oxygens (including phenoxy) is 3. The van der Waals surface area contributed by atoms with Crippen molar-refractivity contribution in [3.63, 3.8) is 0 Å². The standard InChI is InChI=1S/C26H23FN4O5/c1-34-11-12-35-24-15-22-18(14-19(24)25(28)32)23(9-10-29-22)36-17-7-8-21(20(27)13-17)31-26(33)30-16-5-3-2-4-6-16/h2-10,13-15H,11-12H2,1H3,(H2,28,32)(H2,30,31,33). The third-order valence-corrected chi connectivity index (χ3v) is 5.06. The average Bonchev–Trinajstić information content (AvgIpc) is 2.86. The maximum atomic E-state index is 14.7. The predicted octanol–water partition coefficient (Wildman–Crippen LogP) is 4.93. The molecule has 0 unspecified atom stereocenters. The van der Waals surface area contributed by atoms with Crippen LogP contribution in [0.2, 0.25) is 0 Å². The molecule has 10 heteroatoms. The zero-order chi connectivity index (χ0) is 25.5. The van der Waals surface area contributed by atoms with Gasteiger partial charge in [0.2, 0.25) is 0 Å². The van der Waals surface area contributed by atoms with E-state index in [-0.39, 0.29) is 29.4 Å². The van der Waals surface area contributed by atoms with E-state index < -0.39 is 17.8 Å². The molecule has 4 N–H and O–H groups in total. The minimum atomic E-state index is -0.694. The number of halogens is 1. The first-order chi connectivity index (χ1) is 17.4. The first kappa shape index (κ1) is 24.4. The molecule has 3 aromatic carbocycles. The van der Waals surface area contributed by atoms with Gasteiger partial charge in [-0.2, -0.15) is 0 Å². The van der Waals surface area contributed by atoms with E-state index >= 15 is 0 Å².